The molecule has 0 saturated carbocycles. The molecule has 0 radical (unpaired) electrons. The lowest BCUT2D eigenvalue weighted by atomic mass is 9.90. The van der Waals surface area contributed by atoms with Gasteiger partial charge in [-0.25, -0.2) is 0 Å². The number of carbonyl (C=O) groups excluding carboxylic acids is 1. The molecule has 0 amide bonds. The number of carbonyl (C=O) groups is 1. The summed E-state index contributed by atoms with van der Waals surface area (Å²) < 4.78 is 0. The number of rotatable bonds is 5. The minimum absolute atomic E-state index is 0.221. The first kappa shape index (κ1) is 13.0. The van der Waals surface area contributed by atoms with Gasteiger partial charge in [0.15, 0.2) is 6.10 Å². The molecular formula is C12H22N2O2. The zero-order valence-corrected chi connectivity index (χ0v) is 10.6. The summed E-state index contributed by atoms with van der Waals surface area (Å²) in [5, 5.41) is 15.3. The van der Waals surface area contributed by atoms with Crippen molar-refractivity contribution in [2.75, 3.05) is 13.6 Å². The van der Waals surface area contributed by atoms with Gasteiger partial charge in [0.2, 0.25) is 5.78 Å². The third-order valence-electron chi connectivity index (χ3n) is 2.71. The van der Waals surface area contributed by atoms with Crippen molar-refractivity contribution in [3.8, 4) is 0 Å². The normalized spacial score (nSPS) is 20.8. The van der Waals surface area contributed by atoms with Gasteiger partial charge in [-0.05, 0) is 18.3 Å². The van der Waals surface area contributed by atoms with Crippen LogP contribution in [0.25, 0.3) is 0 Å². The lowest BCUT2D eigenvalue weighted by molar-refractivity contribution is -0.125. The first-order valence-electron chi connectivity index (χ1n) is 5.75. The Labute approximate surface area is 97.1 Å². The first-order chi connectivity index (χ1) is 7.37. The van der Waals surface area contributed by atoms with Crippen LogP contribution in [0.15, 0.2) is 11.4 Å². The number of ketones is 1. The lowest BCUT2D eigenvalue weighted by Gasteiger charge is -2.29. The zero-order valence-electron chi connectivity index (χ0n) is 10.6. The van der Waals surface area contributed by atoms with Crippen molar-refractivity contribution in [2.45, 2.75) is 39.7 Å². The van der Waals surface area contributed by atoms with Gasteiger partial charge in [-0.1, -0.05) is 20.8 Å². The van der Waals surface area contributed by atoms with Crippen LogP contribution in [0.3, 0.4) is 0 Å². The molecule has 4 nitrogen and oxygen atoms in total. The van der Waals surface area contributed by atoms with Crippen LogP contribution in [0.1, 0.15) is 33.6 Å². The van der Waals surface area contributed by atoms with E-state index in [4.69, 9.17) is 0 Å². The van der Waals surface area contributed by atoms with Gasteiger partial charge in [-0.15, -0.1) is 0 Å². The summed E-state index contributed by atoms with van der Waals surface area (Å²) in [6, 6.07) is 0. The Morgan fingerprint density at radius 2 is 2.00 bits per heavy atom. The van der Waals surface area contributed by atoms with Crippen molar-refractivity contribution in [3.63, 3.8) is 0 Å². The van der Waals surface area contributed by atoms with Crippen LogP contribution >= 0.6 is 0 Å². The van der Waals surface area contributed by atoms with E-state index >= 15 is 0 Å². The van der Waals surface area contributed by atoms with Gasteiger partial charge in [-0.3, -0.25) is 4.79 Å². The average Bonchev–Trinajstić information content (AvgIpc) is 2.20. The molecule has 0 spiro atoms. The Morgan fingerprint density at radius 3 is 2.50 bits per heavy atom. The van der Waals surface area contributed by atoms with Crippen LogP contribution in [-0.2, 0) is 4.79 Å². The Kier molecular flexibility index (Phi) is 3.97. The highest BCUT2D eigenvalue weighted by molar-refractivity contribution is 6.07. The Bertz CT molecular complexity index is 303. The largest absolute Gasteiger partial charge is 0.384 e. The predicted molar refractivity (Wildman–Crippen MR) is 63.8 cm³/mol. The summed E-state index contributed by atoms with van der Waals surface area (Å²) >= 11 is 0. The molecule has 0 aromatic heterocycles. The van der Waals surface area contributed by atoms with E-state index in [1.54, 1.807) is 7.05 Å². The number of hydrogen-bond donors (Lipinski definition) is 3. The zero-order chi connectivity index (χ0) is 12.3. The molecule has 92 valence electrons. The fraction of sp³-hybridized carbons (Fsp3) is 0.750. The summed E-state index contributed by atoms with van der Waals surface area (Å²) in [6.45, 7) is 7.40. The smallest absolute Gasteiger partial charge is 0.215 e. The Morgan fingerprint density at radius 1 is 1.38 bits per heavy atom. The number of hydrogen-bond acceptors (Lipinski definition) is 4. The molecule has 1 aliphatic rings. The monoisotopic (exact) mass is 226 g/mol. The maximum atomic E-state index is 11.2. The predicted octanol–water partition coefficient (Wildman–Crippen LogP) is 0.777. The molecule has 1 rings (SSSR count). The van der Waals surface area contributed by atoms with Crippen molar-refractivity contribution in [3.05, 3.63) is 11.4 Å². The summed E-state index contributed by atoms with van der Waals surface area (Å²) in [5.74, 6) is -0.221. The van der Waals surface area contributed by atoms with E-state index in [2.05, 4.69) is 31.4 Å². The molecule has 16 heavy (non-hydrogen) atoms. The molecule has 0 aromatic carbocycles. The highest BCUT2D eigenvalue weighted by Crippen LogP contribution is 2.22. The van der Waals surface area contributed by atoms with Gasteiger partial charge in [0.05, 0.1) is 5.70 Å². The van der Waals surface area contributed by atoms with Crippen LogP contribution in [0.5, 0.6) is 0 Å². The fourth-order valence-corrected chi connectivity index (χ4v) is 1.74. The summed E-state index contributed by atoms with van der Waals surface area (Å²) in [5.41, 5.74) is 1.49. The maximum Gasteiger partial charge on any atom is 0.215 e. The standard InChI is InChI=1S/C12H22N2O2/c1-12(2,3)6-5-7-14-9-8(13-4)10(15)11(9)16/h11,13-14,16H,5-7H2,1-4H3. The first-order valence-corrected chi connectivity index (χ1v) is 5.75. The number of aliphatic hydroxyl groups is 1. The molecule has 0 saturated heterocycles. The molecule has 1 atom stereocenters. The van der Waals surface area contributed by atoms with Crippen LogP contribution < -0.4 is 10.6 Å². The summed E-state index contributed by atoms with van der Waals surface area (Å²) in [4.78, 5) is 11.2. The van der Waals surface area contributed by atoms with Crippen molar-refractivity contribution in [1.29, 1.82) is 0 Å². The van der Waals surface area contributed by atoms with E-state index in [0.717, 1.165) is 19.4 Å². The fourth-order valence-electron chi connectivity index (χ4n) is 1.74. The highest BCUT2D eigenvalue weighted by Gasteiger charge is 2.36. The van der Waals surface area contributed by atoms with Crippen molar-refractivity contribution in [2.24, 2.45) is 5.41 Å². The topological polar surface area (TPSA) is 61.4 Å². The van der Waals surface area contributed by atoms with Gasteiger partial charge in [-0.2, -0.15) is 0 Å². The van der Waals surface area contributed by atoms with Gasteiger partial charge in [0, 0.05) is 13.6 Å². The SMILES string of the molecule is CNC1=C(NCCCC(C)(C)C)C(O)C1=O. The van der Waals surface area contributed by atoms with E-state index < -0.39 is 6.10 Å². The molecule has 0 bridgehead atoms. The van der Waals surface area contributed by atoms with Crippen LogP contribution in [0, 0.1) is 5.41 Å². The van der Waals surface area contributed by atoms with Crippen LogP contribution in [-0.4, -0.2) is 30.6 Å². The van der Waals surface area contributed by atoms with E-state index in [-0.39, 0.29) is 5.78 Å². The minimum Gasteiger partial charge on any atom is -0.384 e. The highest BCUT2D eigenvalue weighted by atomic mass is 16.3. The third kappa shape index (κ3) is 2.98. The molecule has 4 heteroatoms. The number of aliphatic hydroxyl groups excluding tert-OH is 1. The molecule has 1 unspecified atom stereocenters. The lowest BCUT2D eigenvalue weighted by Crippen LogP contribution is -2.47. The summed E-state index contributed by atoms with van der Waals surface area (Å²) in [7, 11) is 1.69. The molecular weight excluding hydrogens is 204 g/mol. The van der Waals surface area contributed by atoms with Crippen molar-refractivity contribution < 1.29 is 9.90 Å². The molecule has 1 aliphatic carbocycles. The van der Waals surface area contributed by atoms with E-state index in [1.807, 2.05) is 0 Å². The quantitative estimate of drug-likeness (QED) is 0.606. The van der Waals surface area contributed by atoms with E-state index in [1.165, 1.54) is 0 Å². The van der Waals surface area contributed by atoms with E-state index in [9.17, 15) is 9.90 Å². The molecule has 3 N–H and O–H groups in total. The molecule has 0 aliphatic heterocycles. The van der Waals surface area contributed by atoms with Crippen LogP contribution in [0.2, 0.25) is 0 Å². The van der Waals surface area contributed by atoms with Crippen LogP contribution in [0.4, 0.5) is 0 Å². The van der Waals surface area contributed by atoms with Crippen molar-refractivity contribution >= 4 is 5.78 Å². The molecule has 0 fully saturated rings. The number of likely N-dealkylation sites (N-methyl/N-ethyl adjacent to an activating group) is 1. The van der Waals surface area contributed by atoms with E-state index in [0.29, 0.717) is 16.8 Å². The van der Waals surface area contributed by atoms with Gasteiger partial charge < -0.3 is 15.7 Å². The maximum absolute atomic E-state index is 11.2. The summed E-state index contributed by atoms with van der Waals surface area (Å²) in [6.07, 6.45) is 1.20. The van der Waals surface area contributed by atoms with Gasteiger partial charge in [0.1, 0.15) is 5.70 Å². The second-order valence-electron chi connectivity index (χ2n) is 5.40. The average molecular weight is 226 g/mol. The molecule has 0 heterocycles. The van der Waals surface area contributed by atoms with Gasteiger partial charge >= 0.3 is 0 Å². The minimum atomic E-state index is -0.947. The second-order valence-corrected chi connectivity index (χ2v) is 5.40. The number of Topliss-reactive ketones (excluding diaryl/α,β-unsaturated/α-hetero) is 1. The van der Waals surface area contributed by atoms with Gasteiger partial charge in [0.25, 0.3) is 0 Å². The number of nitrogens with one attached hydrogen (secondary N) is 2. The Hall–Kier alpha value is -1.03. The van der Waals surface area contributed by atoms with Crippen molar-refractivity contribution in [1.82, 2.24) is 10.6 Å². The molecule has 0 aromatic rings. The third-order valence-corrected chi connectivity index (χ3v) is 2.71. The second kappa shape index (κ2) is 4.87. The Balaban J connectivity index is 2.34.